The summed E-state index contributed by atoms with van der Waals surface area (Å²) in [5, 5.41) is 3.44. The minimum absolute atomic E-state index is 0.0211. The number of rotatable bonds is 7. The largest absolute Gasteiger partial charge is 0.493 e. The van der Waals surface area contributed by atoms with Gasteiger partial charge in [0.1, 0.15) is 0 Å². The average Bonchev–Trinajstić information content (AvgIpc) is 2.87. The Kier molecular flexibility index (Phi) is 7.73. The van der Waals surface area contributed by atoms with Gasteiger partial charge < -0.3 is 19.7 Å². The molecule has 2 N–H and O–H groups in total. The number of nitrogens with zero attached hydrogens (tertiary/aromatic N) is 1. The minimum atomic E-state index is -3.80. The highest BCUT2D eigenvalue weighted by Gasteiger charge is 2.33. The summed E-state index contributed by atoms with van der Waals surface area (Å²) in [4.78, 5) is 15.1. The molecule has 0 bridgehead atoms. The lowest BCUT2D eigenvalue weighted by atomic mass is 9.92. The summed E-state index contributed by atoms with van der Waals surface area (Å²) < 4.78 is 39.7. The number of methoxy groups -OCH3 is 2. The van der Waals surface area contributed by atoms with Crippen molar-refractivity contribution < 1.29 is 22.7 Å². The van der Waals surface area contributed by atoms with Crippen LogP contribution in [-0.4, -0.2) is 46.7 Å². The number of halogens is 1. The highest BCUT2D eigenvalue weighted by molar-refractivity contribution is 7.89. The van der Waals surface area contributed by atoms with Gasteiger partial charge in [-0.1, -0.05) is 29.3 Å². The number of nitrogens with one attached hydrogen (secondary N) is 2. The Hall–Kier alpha value is -3.27. The van der Waals surface area contributed by atoms with E-state index in [0.717, 1.165) is 16.7 Å². The number of carbonyl (C=O) groups excluding carboxylic acids is 1. The zero-order valence-corrected chi connectivity index (χ0v) is 21.8. The average molecular weight is 530 g/mol. The lowest BCUT2D eigenvalue weighted by Gasteiger charge is -2.37. The molecule has 3 aromatic carbocycles. The third-order valence-electron chi connectivity index (χ3n) is 6.16. The maximum absolute atomic E-state index is 13.3. The van der Waals surface area contributed by atoms with Crippen LogP contribution >= 0.6 is 11.6 Å². The van der Waals surface area contributed by atoms with Crippen molar-refractivity contribution in [2.24, 2.45) is 0 Å². The Morgan fingerprint density at radius 1 is 1.03 bits per heavy atom. The van der Waals surface area contributed by atoms with Crippen LogP contribution in [0.1, 0.15) is 22.7 Å². The Balaban J connectivity index is 1.66. The van der Waals surface area contributed by atoms with Gasteiger partial charge in [0.25, 0.3) is 0 Å². The fourth-order valence-corrected chi connectivity index (χ4v) is 5.37. The van der Waals surface area contributed by atoms with E-state index in [4.69, 9.17) is 21.1 Å². The molecule has 190 valence electrons. The first-order valence-electron chi connectivity index (χ1n) is 11.4. The molecule has 0 spiro atoms. The van der Waals surface area contributed by atoms with Gasteiger partial charge in [0.15, 0.2) is 11.5 Å². The van der Waals surface area contributed by atoms with Crippen molar-refractivity contribution in [3.63, 3.8) is 0 Å². The van der Waals surface area contributed by atoms with E-state index < -0.39 is 16.1 Å². The zero-order valence-electron chi connectivity index (χ0n) is 20.2. The van der Waals surface area contributed by atoms with E-state index in [1.165, 1.54) is 7.11 Å². The van der Waals surface area contributed by atoms with Crippen LogP contribution in [-0.2, 0) is 16.4 Å². The number of urea groups is 1. The molecule has 36 heavy (non-hydrogen) atoms. The van der Waals surface area contributed by atoms with E-state index >= 15 is 0 Å². The van der Waals surface area contributed by atoms with Crippen LogP contribution in [0.25, 0.3) is 0 Å². The lowest BCUT2D eigenvalue weighted by Crippen LogP contribution is -2.46. The summed E-state index contributed by atoms with van der Waals surface area (Å²) in [5.41, 5.74) is 3.29. The van der Waals surface area contributed by atoms with Crippen molar-refractivity contribution in [2.75, 3.05) is 32.6 Å². The number of anilines is 1. The summed E-state index contributed by atoms with van der Waals surface area (Å²) in [6.07, 6.45) is 0.574. The Morgan fingerprint density at radius 2 is 1.67 bits per heavy atom. The summed E-state index contributed by atoms with van der Waals surface area (Å²) in [6, 6.07) is 16.2. The number of hydrogen-bond donors (Lipinski definition) is 2. The molecule has 1 aliphatic rings. The van der Waals surface area contributed by atoms with Gasteiger partial charge in [0.05, 0.1) is 25.2 Å². The van der Waals surface area contributed by atoms with Crippen LogP contribution in [0.15, 0.2) is 65.6 Å². The molecule has 10 heteroatoms. The molecular formula is C26H28ClN3O5S. The van der Waals surface area contributed by atoms with Gasteiger partial charge in [-0.3, -0.25) is 0 Å². The van der Waals surface area contributed by atoms with E-state index in [1.807, 2.05) is 13.0 Å². The smallest absolute Gasteiger partial charge is 0.322 e. The normalized spacial score (nSPS) is 15.2. The SMILES string of the molecule is COc1cc2c(cc1OC)[C@H](CNS(=O)(=O)c1ccc(C)cc1)N(C(=O)Nc1ccc(Cl)cc1)CC2. The number of carbonyl (C=O) groups is 1. The molecule has 0 saturated carbocycles. The summed E-state index contributed by atoms with van der Waals surface area (Å²) in [7, 11) is -0.703. The van der Waals surface area contributed by atoms with E-state index in [1.54, 1.807) is 66.6 Å². The number of benzene rings is 3. The molecule has 0 aliphatic carbocycles. The molecule has 2 amide bonds. The summed E-state index contributed by atoms with van der Waals surface area (Å²) in [5.74, 6) is 1.08. The first kappa shape index (κ1) is 25.8. The fraction of sp³-hybridized carbons (Fsp3) is 0.269. The highest BCUT2D eigenvalue weighted by Crippen LogP contribution is 2.38. The monoisotopic (exact) mass is 529 g/mol. The quantitative estimate of drug-likeness (QED) is 0.459. The number of ether oxygens (including phenoxy) is 2. The van der Waals surface area contributed by atoms with Gasteiger partial charge in [-0.2, -0.15) is 0 Å². The molecule has 4 rings (SSSR count). The number of sulfonamides is 1. The molecular weight excluding hydrogens is 502 g/mol. The van der Waals surface area contributed by atoms with Crippen molar-refractivity contribution in [3.05, 3.63) is 82.4 Å². The second kappa shape index (κ2) is 10.8. The van der Waals surface area contributed by atoms with Crippen molar-refractivity contribution >= 4 is 33.3 Å². The first-order valence-corrected chi connectivity index (χ1v) is 13.2. The third kappa shape index (κ3) is 5.59. The minimum Gasteiger partial charge on any atom is -0.493 e. The molecule has 0 radical (unpaired) electrons. The van der Waals surface area contributed by atoms with E-state index in [0.29, 0.717) is 35.2 Å². The molecule has 1 aliphatic heterocycles. The van der Waals surface area contributed by atoms with Crippen LogP contribution in [0.5, 0.6) is 11.5 Å². The standard InChI is InChI=1S/C26H28ClN3O5S/c1-17-4-10-21(11-5-17)36(32,33)28-16-23-22-15-25(35-3)24(34-2)14-18(22)12-13-30(23)26(31)29-20-8-6-19(27)7-9-20/h4-11,14-15,23,28H,12-13,16H2,1-3H3,(H,29,31)/t23-/m0/s1. The lowest BCUT2D eigenvalue weighted by molar-refractivity contribution is 0.183. The second-order valence-electron chi connectivity index (χ2n) is 8.47. The van der Waals surface area contributed by atoms with Crippen molar-refractivity contribution in [3.8, 4) is 11.5 Å². The second-order valence-corrected chi connectivity index (χ2v) is 10.7. The first-order chi connectivity index (χ1) is 17.2. The van der Waals surface area contributed by atoms with Gasteiger partial charge in [0, 0.05) is 23.8 Å². The van der Waals surface area contributed by atoms with Gasteiger partial charge >= 0.3 is 6.03 Å². The Morgan fingerprint density at radius 3 is 2.31 bits per heavy atom. The molecule has 0 fully saturated rings. The molecule has 1 heterocycles. The van der Waals surface area contributed by atoms with Crippen molar-refractivity contribution in [1.82, 2.24) is 9.62 Å². The number of aryl methyl sites for hydroxylation is 1. The maximum Gasteiger partial charge on any atom is 0.322 e. The fourth-order valence-electron chi connectivity index (χ4n) is 4.21. The van der Waals surface area contributed by atoms with E-state index in [9.17, 15) is 13.2 Å². The molecule has 0 aromatic heterocycles. The van der Waals surface area contributed by atoms with Crippen molar-refractivity contribution in [2.45, 2.75) is 24.3 Å². The van der Waals surface area contributed by atoms with Gasteiger partial charge in [-0.15, -0.1) is 0 Å². The number of fused-ring (bicyclic) bond motifs is 1. The zero-order chi connectivity index (χ0) is 25.9. The predicted octanol–water partition coefficient (Wildman–Crippen LogP) is 4.78. The summed E-state index contributed by atoms with van der Waals surface area (Å²) >= 11 is 5.96. The predicted molar refractivity (Wildman–Crippen MR) is 140 cm³/mol. The van der Waals surface area contributed by atoms with Crippen molar-refractivity contribution in [1.29, 1.82) is 0 Å². The van der Waals surface area contributed by atoms with Gasteiger partial charge in [0.2, 0.25) is 10.0 Å². The van der Waals surface area contributed by atoms with E-state index in [2.05, 4.69) is 10.0 Å². The Bertz CT molecular complexity index is 1350. The number of hydrogen-bond acceptors (Lipinski definition) is 5. The topological polar surface area (TPSA) is 97.0 Å². The van der Waals surface area contributed by atoms with Crippen LogP contribution in [0.2, 0.25) is 5.02 Å². The Labute approximate surface area is 216 Å². The molecule has 3 aromatic rings. The molecule has 8 nitrogen and oxygen atoms in total. The molecule has 1 atom stereocenters. The van der Waals surface area contributed by atoms with Crippen LogP contribution in [0, 0.1) is 6.92 Å². The summed E-state index contributed by atoms with van der Waals surface area (Å²) in [6.45, 7) is 2.26. The van der Waals surface area contributed by atoms with Crippen LogP contribution < -0.4 is 19.5 Å². The molecule has 0 unspecified atom stereocenters. The van der Waals surface area contributed by atoms with E-state index in [-0.39, 0.29) is 17.5 Å². The van der Waals surface area contributed by atoms with Crippen LogP contribution in [0.3, 0.4) is 0 Å². The highest BCUT2D eigenvalue weighted by atomic mass is 35.5. The number of amides is 2. The third-order valence-corrected chi connectivity index (χ3v) is 7.85. The maximum atomic E-state index is 13.3. The van der Waals surface area contributed by atoms with Gasteiger partial charge in [-0.25, -0.2) is 17.9 Å². The van der Waals surface area contributed by atoms with Crippen LogP contribution in [0.4, 0.5) is 10.5 Å². The van der Waals surface area contributed by atoms with Gasteiger partial charge in [-0.05, 0) is 73.0 Å². The molecule has 0 saturated heterocycles.